The van der Waals surface area contributed by atoms with Gasteiger partial charge in [0.1, 0.15) is 27.7 Å². The number of carbonyl (C=O) groups excluding carboxylic acids is 2. The molecule has 1 aliphatic rings. The van der Waals surface area contributed by atoms with Crippen LogP contribution in [0, 0.1) is 6.92 Å². The molecule has 0 radical (unpaired) electrons. The van der Waals surface area contributed by atoms with Crippen molar-refractivity contribution in [3.8, 4) is 11.5 Å². The van der Waals surface area contributed by atoms with Crippen molar-refractivity contribution >= 4 is 58.3 Å². The van der Waals surface area contributed by atoms with Crippen LogP contribution in [-0.4, -0.2) is 26.3 Å². The Morgan fingerprint density at radius 3 is 2.29 bits per heavy atom. The summed E-state index contributed by atoms with van der Waals surface area (Å²) in [5.74, 6) is -0.131. The third-order valence-corrected chi connectivity index (χ3v) is 7.73. The maximum atomic E-state index is 13.8. The minimum atomic E-state index is -0.700. The Kier molecular flexibility index (Phi) is 7.39. The smallest absolute Gasteiger partial charge is 0.270 e. The zero-order valence-electron chi connectivity index (χ0n) is 22.2. The quantitative estimate of drug-likeness (QED) is 0.116. The van der Waals surface area contributed by atoms with E-state index in [0.717, 1.165) is 10.5 Å². The van der Waals surface area contributed by atoms with E-state index in [-0.39, 0.29) is 16.2 Å². The third kappa shape index (κ3) is 5.45. The fraction of sp³-hybridized carbons (Fsp3) is 0.0312. The zero-order valence-corrected chi connectivity index (χ0v) is 23.8. The molecule has 3 aromatic carbocycles. The molecule has 2 amide bonds. The van der Waals surface area contributed by atoms with E-state index in [1.54, 1.807) is 48.7 Å². The van der Waals surface area contributed by atoms with Crippen LogP contribution in [0.4, 0.5) is 5.69 Å². The van der Waals surface area contributed by atoms with Crippen LogP contribution in [0.5, 0.6) is 11.5 Å². The summed E-state index contributed by atoms with van der Waals surface area (Å²) in [5, 5.41) is 2.88. The number of pyridine rings is 1. The fourth-order valence-corrected chi connectivity index (χ4v) is 5.50. The zero-order chi connectivity index (χ0) is 29.2. The number of nitrogens with zero attached hydrogens (tertiary/aromatic N) is 3. The van der Waals surface area contributed by atoms with Crippen molar-refractivity contribution in [3.05, 3.63) is 130 Å². The standard InChI is InChI=1S/C32H22N4O4S2/c1-20-10-16-24(17-11-20)42-29-26(30(38)35-18-6-5-9-27(35)33-29)19-25-28(37)34-32(41)36(31(25)39)21-12-14-23(15-13-21)40-22-7-3-2-4-8-22/h2-19H,1H3,(H,34,37,41)/b25-19+. The van der Waals surface area contributed by atoms with Gasteiger partial charge >= 0.3 is 0 Å². The van der Waals surface area contributed by atoms with Gasteiger partial charge in [-0.3, -0.25) is 29.0 Å². The summed E-state index contributed by atoms with van der Waals surface area (Å²) >= 11 is 6.64. The summed E-state index contributed by atoms with van der Waals surface area (Å²) in [4.78, 5) is 47.2. The second-order valence-electron chi connectivity index (χ2n) is 9.35. The number of hydrogen-bond donors (Lipinski definition) is 1. The summed E-state index contributed by atoms with van der Waals surface area (Å²) in [5.41, 5.74) is 1.42. The molecule has 0 unspecified atom stereocenters. The first-order chi connectivity index (χ1) is 20.4. The van der Waals surface area contributed by atoms with Crippen molar-refractivity contribution < 1.29 is 14.3 Å². The molecule has 2 aromatic heterocycles. The second kappa shape index (κ2) is 11.4. The topological polar surface area (TPSA) is 93.0 Å². The van der Waals surface area contributed by atoms with Crippen molar-refractivity contribution in [2.75, 3.05) is 4.90 Å². The number of aromatic nitrogens is 2. The minimum absolute atomic E-state index is 0.0681. The number of rotatable bonds is 6. The molecule has 206 valence electrons. The molecule has 3 heterocycles. The molecular weight excluding hydrogens is 569 g/mol. The highest BCUT2D eigenvalue weighted by Gasteiger charge is 2.35. The monoisotopic (exact) mass is 590 g/mol. The van der Waals surface area contributed by atoms with Crippen LogP contribution in [0.2, 0.25) is 0 Å². The highest BCUT2D eigenvalue weighted by atomic mass is 32.2. The van der Waals surface area contributed by atoms with Crippen LogP contribution in [-0.2, 0) is 9.59 Å². The van der Waals surface area contributed by atoms with Gasteiger partial charge < -0.3 is 4.74 Å². The van der Waals surface area contributed by atoms with Crippen molar-refractivity contribution in [1.29, 1.82) is 0 Å². The van der Waals surface area contributed by atoms with Gasteiger partial charge in [0.2, 0.25) is 0 Å². The van der Waals surface area contributed by atoms with E-state index < -0.39 is 17.4 Å². The Balaban J connectivity index is 1.38. The Labute approximate surface area is 250 Å². The number of para-hydroxylation sites is 1. The minimum Gasteiger partial charge on any atom is -0.457 e. The molecule has 8 nitrogen and oxygen atoms in total. The predicted octanol–water partition coefficient (Wildman–Crippen LogP) is 5.78. The summed E-state index contributed by atoms with van der Waals surface area (Å²) in [6.07, 6.45) is 2.89. The molecule has 10 heteroatoms. The van der Waals surface area contributed by atoms with Crippen molar-refractivity contribution in [1.82, 2.24) is 14.7 Å². The number of hydrogen-bond acceptors (Lipinski definition) is 7. The van der Waals surface area contributed by atoms with Crippen molar-refractivity contribution in [2.24, 2.45) is 0 Å². The molecular formula is C32H22N4O4S2. The van der Waals surface area contributed by atoms with Crippen molar-refractivity contribution in [3.63, 3.8) is 0 Å². The van der Waals surface area contributed by atoms with E-state index in [9.17, 15) is 14.4 Å². The summed E-state index contributed by atoms with van der Waals surface area (Å²) in [7, 11) is 0. The van der Waals surface area contributed by atoms with Crippen LogP contribution in [0.3, 0.4) is 0 Å². The molecule has 6 rings (SSSR count). The van der Waals surface area contributed by atoms with Gasteiger partial charge in [0.25, 0.3) is 17.4 Å². The first-order valence-electron chi connectivity index (χ1n) is 12.9. The number of amides is 2. The summed E-state index contributed by atoms with van der Waals surface area (Å²) in [6.45, 7) is 1.98. The maximum absolute atomic E-state index is 13.8. The molecule has 0 spiro atoms. The maximum Gasteiger partial charge on any atom is 0.270 e. The molecule has 0 atom stereocenters. The van der Waals surface area contributed by atoms with Gasteiger partial charge in [0.15, 0.2) is 5.11 Å². The third-order valence-electron chi connectivity index (χ3n) is 6.43. The number of aryl methyl sites for hydroxylation is 1. The number of thiocarbonyl (C=S) groups is 1. The number of anilines is 1. The highest BCUT2D eigenvalue weighted by Crippen LogP contribution is 2.31. The molecule has 1 N–H and O–H groups in total. The van der Waals surface area contributed by atoms with E-state index in [1.165, 1.54) is 27.1 Å². The Morgan fingerprint density at radius 2 is 1.55 bits per heavy atom. The average molecular weight is 591 g/mol. The first-order valence-corrected chi connectivity index (χ1v) is 14.1. The molecule has 1 aliphatic heterocycles. The molecule has 0 saturated carbocycles. The van der Waals surface area contributed by atoms with Crippen LogP contribution in [0.25, 0.3) is 11.7 Å². The van der Waals surface area contributed by atoms with Gasteiger partial charge in [-0.15, -0.1) is 0 Å². The lowest BCUT2D eigenvalue weighted by atomic mass is 10.1. The van der Waals surface area contributed by atoms with Gasteiger partial charge in [-0.2, -0.15) is 0 Å². The fourth-order valence-electron chi connectivity index (χ4n) is 4.33. The Morgan fingerprint density at radius 1 is 0.857 bits per heavy atom. The molecule has 1 fully saturated rings. The molecule has 42 heavy (non-hydrogen) atoms. The number of fused-ring (bicyclic) bond motifs is 1. The lowest BCUT2D eigenvalue weighted by Gasteiger charge is -2.29. The van der Waals surface area contributed by atoms with Gasteiger partial charge in [0, 0.05) is 11.1 Å². The van der Waals surface area contributed by atoms with E-state index in [4.69, 9.17) is 21.9 Å². The second-order valence-corrected chi connectivity index (χ2v) is 10.8. The van der Waals surface area contributed by atoms with Crippen LogP contribution in [0.15, 0.2) is 124 Å². The van der Waals surface area contributed by atoms with E-state index in [1.807, 2.05) is 61.5 Å². The molecule has 0 bridgehead atoms. The highest BCUT2D eigenvalue weighted by molar-refractivity contribution is 7.99. The average Bonchev–Trinajstić information content (AvgIpc) is 2.99. The van der Waals surface area contributed by atoms with E-state index >= 15 is 0 Å². The normalized spacial score (nSPS) is 14.4. The lowest BCUT2D eigenvalue weighted by molar-refractivity contribution is -0.122. The van der Waals surface area contributed by atoms with Gasteiger partial charge in [-0.25, -0.2) is 4.98 Å². The van der Waals surface area contributed by atoms with Crippen LogP contribution in [0.1, 0.15) is 11.1 Å². The van der Waals surface area contributed by atoms with E-state index in [2.05, 4.69) is 5.32 Å². The molecule has 5 aromatic rings. The largest absolute Gasteiger partial charge is 0.457 e. The Bertz CT molecular complexity index is 1940. The number of carbonyl (C=O) groups is 2. The summed E-state index contributed by atoms with van der Waals surface area (Å²) in [6, 6.07) is 29.0. The predicted molar refractivity (Wildman–Crippen MR) is 166 cm³/mol. The number of ether oxygens (including phenoxy) is 1. The first kappa shape index (κ1) is 27.1. The van der Waals surface area contributed by atoms with Crippen LogP contribution >= 0.6 is 24.0 Å². The number of nitrogens with one attached hydrogen (secondary N) is 1. The van der Waals surface area contributed by atoms with Crippen molar-refractivity contribution in [2.45, 2.75) is 16.8 Å². The van der Waals surface area contributed by atoms with Gasteiger partial charge in [-0.1, -0.05) is 53.7 Å². The molecule has 0 aliphatic carbocycles. The van der Waals surface area contributed by atoms with E-state index in [0.29, 0.717) is 27.9 Å². The Hall–Kier alpha value is -5.06. The van der Waals surface area contributed by atoms with Crippen LogP contribution < -0.4 is 20.5 Å². The SMILES string of the molecule is Cc1ccc(Sc2nc3ccccn3c(=O)c2/C=C2\C(=O)NC(=S)N(c3ccc(Oc4ccccc4)cc3)C2=O)cc1. The summed E-state index contributed by atoms with van der Waals surface area (Å²) < 4.78 is 7.22. The molecule has 1 saturated heterocycles. The van der Waals surface area contributed by atoms with Gasteiger partial charge in [0.05, 0.1) is 11.3 Å². The van der Waals surface area contributed by atoms with Gasteiger partial charge in [-0.05, 0) is 85.9 Å². The lowest BCUT2D eigenvalue weighted by Crippen LogP contribution is -2.54. The number of benzene rings is 3.